The van der Waals surface area contributed by atoms with E-state index in [0.29, 0.717) is 19.3 Å². The molecule has 0 unspecified atom stereocenters. The number of carbonyl (C=O) groups is 3. The Kier molecular flexibility index (Phi) is 50.5. The van der Waals surface area contributed by atoms with E-state index in [1.807, 2.05) is 0 Å². The van der Waals surface area contributed by atoms with Gasteiger partial charge in [-0.25, -0.2) is 0 Å². The Labute approximate surface area is 406 Å². The highest BCUT2D eigenvalue weighted by molar-refractivity contribution is 5.71. The van der Waals surface area contributed by atoms with Crippen LogP contribution in [-0.4, -0.2) is 37.2 Å². The van der Waals surface area contributed by atoms with Gasteiger partial charge in [-0.05, 0) is 31.1 Å². The molecular formula is C59H114O6. The van der Waals surface area contributed by atoms with Gasteiger partial charge in [0.2, 0.25) is 0 Å². The molecule has 0 spiro atoms. The van der Waals surface area contributed by atoms with Crippen LogP contribution in [0.1, 0.15) is 330 Å². The normalized spacial score (nSPS) is 12.0. The molecule has 0 fully saturated rings. The van der Waals surface area contributed by atoms with Crippen molar-refractivity contribution in [2.24, 2.45) is 11.8 Å². The summed E-state index contributed by atoms with van der Waals surface area (Å²) in [5.74, 6) is 0.770. The van der Waals surface area contributed by atoms with Gasteiger partial charge >= 0.3 is 17.9 Å². The third-order valence-electron chi connectivity index (χ3n) is 13.5. The van der Waals surface area contributed by atoms with Crippen LogP contribution in [0.3, 0.4) is 0 Å². The van der Waals surface area contributed by atoms with Crippen LogP contribution in [0.5, 0.6) is 0 Å². The van der Waals surface area contributed by atoms with Crippen molar-refractivity contribution in [3.63, 3.8) is 0 Å². The fourth-order valence-electron chi connectivity index (χ4n) is 9.05. The zero-order chi connectivity index (χ0) is 47.5. The second kappa shape index (κ2) is 51.8. The molecule has 0 heterocycles. The van der Waals surface area contributed by atoms with Gasteiger partial charge in [0.25, 0.3) is 0 Å². The quantitative estimate of drug-likeness (QED) is 0.0344. The van der Waals surface area contributed by atoms with Crippen LogP contribution in [0.2, 0.25) is 0 Å². The van der Waals surface area contributed by atoms with Crippen molar-refractivity contribution in [1.29, 1.82) is 0 Å². The largest absolute Gasteiger partial charge is 0.462 e. The van der Waals surface area contributed by atoms with Crippen LogP contribution in [0.15, 0.2) is 0 Å². The Morgan fingerprint density at radius 3 is 0.754 bits per heavy atom. The lowest BCUT2D eigenvalue weighted by Gasteiger charge is -2.18. The minimum absolute atomic E-state index is 0.0636. The zero-order valence-electron chi connectivity index (χ0n) is 44.6. The van der Waals surface area contributed by atoms with Gasteiger partial charge in [-0.15, -0.1) is 0 Å². The van der Waals surface area contributed by atoms with Crippen LogP contribution in [0.4, 0.5) is 0 Å². The first kappa shape index (κ1) is 63.4. The van der Waals surface area contributed by atoms with Crippen LogP contribution < -0.4 is 0 Å². The standard InChI is InChI=1S/C59H114O6/c1-6-7-8-9-10-11-12-13-14-15-16-17-21-24-27-30-33-39-44-49-57(60)63-52-56(53-64-58(61)50-45-40-36-35-38-43-48-55(4)5)65-59(62)51-46-41-34-31-28-25-22-19-18-20-23-26-29-32-37-42-47-54(2)3/h54-56H,6-53H2,1-5H3/t56-/m0/s1. The lowest BCUT2D eigenvalue weighted by molar-refractivity contribution is -0.167. The van der Waals surface area contributed by atoms with Crippen molar-refractivity contribution < 1.29 is 28.6 Å². The van der Waals surface area contributed by atoms with Crippen LogP contribution in [0.25, 0.3) is 0 Å². The van der Waals surface area contributed by atoms with Crippen molar-refractivity contribution in [3.05, 3.63) is 0 Å². The summed E-state index contributed by atoms with van der Waals surface area (Å²) < 4.78 is 16.9. The van der Waals surface area contributed by atoms with E-state index < -0.39 is 6.10 Å². The maximum Gasteiger partial charge on any atom is 0.306 e. The van der Waals surface area contributed by atoms with Crippen molar-refractivity contribution >= 4 is 17.9 Å². The summed E-state index contributed by atoms with van der Waals surface area (Å²) in [7, 11) is 0. The molecule has 0 aromatic carbocycles. The van der Waals surface area contributed by atoms with Gasteiger partial charge in [0.1, 0.15) is 13.2 Å². The SMILES string of the molecule is CCCCCCCCCCCCCCCCCCCCCC(=O)OC[C@@H](COC(=O)CCCCCCCCC(C)C)OC(=O)CCCCCCCCCCCCCCCCCCC(C)C. The molecule has 0 aromatic heterocycles. The molecular weight excluding hydrogens is 805 g/mol. The number of ether oxygens (including phenoxy) is 3. The number of hydrogen-bond acceptors (Lipinski definition) is 6. The summed E-state index contributed by atoms with van der Waals surface area (Å²) in [6.07, 6.45) is 55.5. The highest BCUT2D eigenvalue weighted by atomic mass is 16.6. The third kappa shape index (κ3) is 53.2. The molecule has 0 N–H and O–H groups in total. The maximum absolute atomic E-state index is 12.8. The molecule has 1 atom stereocenters. The first-order chi connectivity index (χ1) is 31.7. The first-order valence-corrected chi connectivity index (χ1v) is 29.2. The Bertz CT molecular complexity index is 993. The van der Waals surface area contributed by atoms with Gasteiger partial charge in [0.05, 0.1) is 0 Å². The van der Waals surface area contributed by atoms with Crippen molar-refractivity contribution in [3.8, 4) is 0 Å². The van der Waals surface area contributed by atoms with Gasteiger partial charge in [-0.2, -0.15) is 0 Å². The lowest BCUT2D eigenvalue weighted by atomic mass is 10.0. The van der Waals surface area contributed by atoms with E-state index in [0.717, 1.165) is 69.6 Å². The summed E-state index contributed by atoms with van der Waals surface area (Å²) in [6, 6.07) is 0. The summed E-state index contributed by atoms with van der Waals surface area (Å²) in [6.45, 7) is 11.4. The van der Waals surface area contributed by atoms with Gasteiger partial charge in [0, 0.05) is 19.3 Å². The molecule has 0 amide bonds. The smallest absolute Gasteiger partial charge is 0.306 e. The predicted octanol–water partition coefficient (Wildman–Crippen LogP) is 19.3. The molecule has 0 radical (unpaired) electrons. The highest BCUT2D eigenvalue weighted by Gasteiger charge is 2.19. The van der Waals surface area contributed by atoms with E-state index in [1.165, 1.54) is 218 Å². The number of rotatable bonds is 53. The monoisotopic (exact) mass is 919 g/mol. The molecule has 65 heavy (non-hydrogen) atoms. The van der Waals surface area contributed by atoms with Crippen LogP contribution in [0, 0.1) is 11.8 Å². The van der Waals surface area contributed by atoms with E-state index in [2.05, 4.69) is 34.6 Å². The minimum Gasteiger partial charge on any atom is -0.462 e. The van der Waals surface area contributed by atoms with Crippen LogP contribution in [-0.2, 0) is 28.6 Å². The number of esters is 3. The fourth-order valence-corrected chi connectivity index (χ4v) is 9.05. The van der Waals surface area contributed by atoms with Gasteiger partial charge < -0.3 is 14.2 Å². The Hall–Kier alpha value is -1.59. The molecule has 0 aromatic rings. The maximum atomic E-state index is 12.8. The molecule has 0 saturated carbocycles. The average Bonchev–Trinajstić information content (AvgIpc) is 3.28. The van der Waals surface area contributed by atoms with Gasteiger partial charge in [0.15, 0.2) is 6.10 Å². The molecule has 6 nitrogen and oxygen atoms in total. The van der Waals surface area contributed by atoms with Crippen LogP contribution >= 0.6 is 0 Å². The molecule has 0 aliphatic heterocycles. The Balaban J connectivity index is 4.20. The Morgan fingerprint density at radius 1 is 0.292 bits per heavy atom. The Morgan fingerprint density at radius 2 is 0.508 bits per heavy atom. The van der Waals surface area contributed by atoms with Gasteiger partial charge in [-0.3, -0.25) is 14.4 Å². The number of carbonyl (C=O) groups excluding carboxylic acids is 3. The van der Waals surface area contributed by atoms with Crippen molar-refractivity contribution in [2.45, 2.75) is 336 Å². The summed E-state index contributed by atoms with van der Waals surface area (Å²) >= 11 is 0. The second-order valence-corrected chi connectivity index (χ2v) is 21.2. The molecule has 6 heteroatoms. The van der Waals surface area contributed by atoms with E-state index in [-0.39, 0.29) is 31.1 Å². The van der Waals surface area contributed by atoms with E-state index in [9.17, 15) is 14.4 Å². The van der Waals surface area contributed by atoms with Gasteiger partial charge in [-0.1, -0.05) is 291 Å². The minimum atomic E-state index is -0.763. The molecule has 0 rings (SSSR count). The molecule has 0 bridgehead atoms. The highest BCUT2D eigenvalue weighted by Crippen LogP contribution is 2.18. The van der Waals surface area contributed by atoms with E-state index in [4.69, 9.17) is 14.2 Å². The first-order valence-electron chi connectivity index (χ1n) is 29.2. The zero-order valence-corrected chi connectivity index (χ0v) is 44.6. The second-order valence-electron chi connectivity index (χ2n) is 21.2. The van der Waals surface area contributed by atoms with Crippen molar-refractivity contribution in [1.82, 2.24) is 0 Å². The topological polar surface area (TPSA) is 78.9 Å². The summed E-state index contributed by atoms with van der Waals surface area (Å²) in [5.41, 5.74) is 0. The lowest BCUT2D eigenvalue weighted by Crippen LogP contribution is -2.30. The summed E-state index contributed by atoms with van der Waals surface area (Å²) in [5, 5.41) is 0. The van der Waals surface area contributed by atoms with Crippen molar-refractivity contribution in [2.75, 3.05) is 13.2 Å². The molecule has 0 aliphatic rings. The molecule has 0 aliphatic carbocycles. The predicted molar refractivity (Wildman–Crippen MR) is 280 cm³/mol. The van der Waals surface area contributed by atoms with E-state index in [1.54, 1.807) is 0 Å². The molecule has 386 valence electrons. The third-order valence-corrected chi connectivity index (χ3v) is 13.5. The van der Waals surface area contributed by atoms with E-state index >= 15 is 0 Å². The average molecular weight is 920 g/mol. The molecule has 0 saturated heterocycles. The fraction of sp³-hybridized carbons (Fsp3) is 0.949. The number of hydrogen-bond donors (Lipinski definition) is 0. The number of unbranched alkanes of at least 4 members (excludes halogenated alkanes) is 38. The summed E-state index contributed by atoms with van der Waals surface area (Å²) in [4.78, 5) is 38.1.